The Labute approximate surface area is 74.0 Å². The summed E-state index contributed by atoms with van der Waals surface area (Å²) < 4.78 is 2.10. The highest BCUT2D eigenvalue weighted by Gasteiger charge is 2.06. The molecule has 1 aromatic carbocycles. The summed E-state index contributed by atoms with van der Waals surface area (Å²) in [6.07, 6.45) is 0. The summed E-state index contributed by atoms with van der Waals surface area (Å²) in [6.45, 7) is 0. The average molecular weight is 185 g/mol. The van der Waals surface area contributed by atoms with Crippen LogP contribution in [-0.2, 0) is 7.05 Å². The predicted molar refractivity (Wildman–Crippen MR) is 48.0 cm³/mol. The van der Waals surface area contributed by atoms with Gasteiger partial charge in [-0.05, 0) is 12.1 Å². The molecule has 1 aromatic heterocycles. The minimum atomic E-state index is 0.798. The lowest BCUT2D eigenvalue weighted by atomic mass is 10.3. The molecule has 3 heteroatoms. The van der Waals surface area contributed by atoms with E-state index in [1.54, 1.807) is 11.5 Å². The molecule has 0 radical (unpaired) electrons. The largest absolute Gasteiger partial charge is 0.228 e. The lowest BCUT2D eigenvalue weighted by Crippen LogP contribution is -2.21. The van der Waals surface area contributed by atoms with Gasteiger partial charge < -0.3 is 0 Å². The summed E-state index contributed by atoms with van der Waals surface area (Å²) in [5.74, 6) is 0. The van der Waals surface area contributed by atoms with Gasteiger partial charge in [0.2, 0.25) is 5.52 Å². The van der Waals surface area contributed by atoms with Gasteiger partial charge in [0, 0.05) is 11.1 Å². The molecule has 0 unspecified atom stereocenters. The van der Waals surface area contributed by atoms with E-state index in [2.05, 4.69) is 9.34 Å². The van der Waals surface area contributed by atoms with E-state index in [9.17, 15) is 0 Å². The highest BCUT2D eigenvalue weighted by molar-refractivity contribution is 7.00. The molecular formula is C8H7ClNS+. The van der Waals surface area contributed by atoms with Crippen LogP contribution >= 0.6 is 23.1 Å². The van der Waals surface area contributed by atoms with Crippen LogP contribution < -0.4 is 3.96 Å². The molecule has 1 heterocycles. The van der Waals surface area contributed by atoms with Gasteiger partial charge >= 0.3 is 0 Å². The first-order valence-electron chi connectivity index (χ1n) is 3.30. The van der Waals surface area contributed by atoms with Crippen molar-refractivity contribution in [2.75, 3.05) is 0 Å². The van der Waals surface area contributed by atoms with Gasteiger partial charge in [-0.2, -0.15) is 0 Å². The van der Waals surface area contributed by atoms with Gasteiger partial charge in [0.1, 0.15) is 11.5 Å². The maximum absolute atomic E-state index is 5.84. The molecule has 0 amide bonds. The minimum absolute atomic E-state index is 0.798. The van der Waals surface area contributed by atoms with E-state index in [1.807, 2.05) is 25.2 Å². The topological polar surface area (TPSA) is 3.88 Å². The van der Waals surface area contributed by atoms with Crippen molar-refractivity contribution in [2.24, 2.45) is 7.05 Å². The second kappa shape index (κ2) is 2.47. The van der Waals surface area contributed by atoms with E-state index >= 15 is 0 Å². The Kier molecular flexibility index (Phi) is 1.59. The van der Waals surface area contributed by atoms with Crippen LogP contribution in [-0.4, -0.2) is 0 Å². The fourth-order valence-electron chi connectivity index (χ4n) is 1.08. The second-order valence-electron chi connectivity index (χ2n) is 2.42. The van der Waals surface area contributed by atoms with Crippen LogP contribution in [0, 0.1) is 0 Å². The molecule has 0 bridgehead atoms. The summed E-state index contributed by atoms with van der Waals surface area (Å²) in [4.78, 5) is 0. The van der Waals surface area contributed by atoms with Crippen LogP contribution in [0.25, 0.3) is 10.9 Å². The first kappa shape index (κ1) is 7.07. The molecule has 0 N–H and O–H groups in total. The number of aromatic nitrogens is 1. The summed E-state index contributed by atoms with van der Waals surface area (Å²) in [5, 5.41) is 4.17. The fraction of sp³-hybridized carbons (Fsp3) is 0.125. The number of nitrogens with zero attached hydrogens (tertiary/aromatic N) is 1. The Balaban J connectivity index is 2.87. The van der Waals surface area contributed by atoms with E-state index in [1.165, 1.54) is 10.9 Å². The van der Waals surface area contributed by atoms with Crippen LogP contribution in [0.1, 0.15) is 0 Å². The van der Waals surface area contributed by atoms with Gasteiger partial charge in [0.25, 0.3) is 0 Å². The Morgan fingerprint density at radius 3 is 3.09 bits per heavy atom. The summed E-state index contributed by atoms with van der Waals surface area (Å²) in [5.41, 5.74) is 1.20. The number of hydrogen-bond acceptors (Lipinski definition) is 1. The maximum Gasteiger partial charge on any atom is 0.228 e. The van der Waals surface area contributed by atoms with Crippen molar-refractivity contribution in [2.45, 2.75) is 0 Å². The third-order valence-electron chi connectivity index (χ3n) is 1.67. The summed E-state index contributed by atoms with van der Waals surface area (Å²) in [7, 11) is 2.03. The highest BCUT2D eigenvalue weighted by atomic mass is 35.5. The summed E-state index contributed by atoms with van der Waals surface area (Å²) in [6, 6.07) is 5.93. The van der Waals surface area contributed by atoms with Gasteiger partial charge in [0.15, 0.2) is 7.05 Å². The average Bonchev–Trinajstić information content (AvgIpc) is 2.33. The van der Waals surface area contributed by atoms with Crippen LogP contribution in [0.3, 0.4) is 0 Å². The molecule has 0 saturated carbocycles. The zero-order valence-corrected chi connectivity index (χ0v) is 7.62. The highest BCUT2D eigenvalue weighted by Crippen LogP contribution is 2.17. The van der Waals surface area contributed by atoms with E-state index in [0.717, 1.165) is 5.02 Å². The van der Waals surface area contributed by atoms with E-state index in [0.29, 0.717) is 0 Å². The standard InChI is InChI=1S/C8H7ClNS/c1-10-8-4-7(9)3-2-6(8)5-11-10/h2-5H,1H3/q+1. The summed E-state index contributed by atoms with van der Waals surface area (Å²) >= 11 is 7.52. The van der Waals surface area contributed by atoms with Crippen LogP contribution in [0.4, 0.5) is 0 Å². The molecule has 1 nitrogen and oxygen atoms in total. The number of halogens is 1. The molecule has 56 valence electrons. The van der Waals surface area contributed by atoms with Crippen LogP contribution in [0.5, 0.6) is 0 Å². The van der Waals surface area contributed by atoms with E-state index in [-0.39, 0.29) is 0 Å². The monoisotopic (exact) mass is 184 g/mol. The lowest BCUT2D eigenvalue weighted by molar-refractivity contribution is -0.573. The zero-order chi connectivity index (χ0) is 7.84. The molecule has 2 rings (SSSR count). The molecular weight excluding hydrogens is 178 g/mol. The third-order valence-corrected chi connectivity index (χ3v) is 2.78. The number of hydrogen-bond donors (Lipinski definition) is 0. The van der Waals surface area contributed by atoms with Crippen molar-refractivity contribution in [3.63, 3.8) is 0 Å². The molecule has 0 atom stereocenters. The van der Waals surface area contributed by atoms with Crippen LogP contribution in [0.15, 0.2) is 23.6 Å². The molecule has 0 saturated heterocycles. The Hall–Kier alpha value is -0.600. The molecule has 0 spiro atoms. The van der Waals surface area contributed by atoms with Gasteiger partial charge in [-0.25, -0.2) is 0 Å². The molecule has 11 heavy (non-hydrogen) atoms. The second-order valence-corrected chi connectivity index (χ2v) is 3.85. The van der Waals surface area contributed by atoms with Crippen LogP contribution in [0.2, 0.25) is 5.02 Å². The van der Waals surface area contributed by atoms with Gasteiger partial charge in [-0.3, -0.25) is 0 Å². The van der Waals surface area contributed by atoms with Crippen molar-refractivity contribution in [3.8, 4) is 0 Å². The van der Waals surface area contributed by atoms with Crippen molar-refractivity contribution in [1.82, 2.24) is 0 Å². The van der Waals surface area contributed by atoms with Crippen molar-refractivity contribution >= 4 is 34.0 Å². The number of aryl methyl sites for hydroxylation is 1. The Morgan fingerprint density at radius 2 is 2.27 bits per heavy atom. The third kappa shape index (κ3) is 1.12. The van der Waals surface area contributed by atoms with Crippen molar-refractivity contribution < 1.29 is 3.96 Å². The number of benzene rings is 1. The molecule has 0 aliphatic rings. The van der Waals surface area contributed by atoms with Gasteiger partial charge in [-0.1, -0.05) is 11.6 Å². The van der Waals surface area contributed by atoms with Gasteiger partial charge in [-0.15, -0.1) is 3.96 Å². The van der Waals surface area contributed by atoms with Crippen molar-refractivity contribution in [3.05, 3.63) is 28.6 Å². The fourth-order valence-corrected chi connectivity index (χ4v) is 1.99. The SMILES string of the molecule is C[n+]1scc2ccc(Cl)cc21. The quantitative estimate of drug-likeness (QED) is 0.554. The predicted octanol–water partition coefficient (Wildman–Crippen LogP) is 2.38. The number of fused-ring (bicyclic) bond motifs is 1. The smallest absolute Gasteiger partial charge is 0.136 e. The maximum atomic E-state index is 5.84. The Bertz CT molecular complexity index is 394. The Morgan fingerprint density at radius 1 is 1.45 bits per heavy atom. The van der Waals surface area contributed by atoms with Gasteiger partial charge in [0.05, 0.1) is 10.8 Å². The molecule has 0 aliphatic carbocycles. The number of rotatable bonds is 0. The first-order chi connectivity index (χ1) is 5.27. The van der Waals surface area contributed by atoms with E-state index in [4.69, 9.17) is 11.6 Å². The first-order valence-corrected chi connectivity index (χ1v) is 4.52. The molecule has 0 fully saturated rings. The molecule has 2 aromatic rings. The zero-order valence-electron chi connectivity index (χ0n) is 6.04. The lowest BCUT2D eigenvalue weighted by Gasteiger charge is -1.85. The van der Waals surface area contributed by atoms with Crippen molar-refractivity contribution in [1.29, 1.82) is 0 Å². The molecule has 0 aliphatic heterocycles. The van der Waals surface area contributed by atoms with E-state index < -0.39 is 0 Å². The normalized spacial score (nSPS) is 10.7. The minimum Gasteiger partial charge on any atom is -0.136 e.